The van der Waals surface area contributed by atoms with Crippen LogP contribution in [0.15, 0.2) is 84.6 Å². The molecule has 0 saturated heterocycles. The van der Waals surface area contributed by atoms with Gasteiger partial charge < -0.3 is 31.1 Å². The zero-order chi connectivity index (χ0) is 40.9. The van der Waals surface area contributed by atoms with E-state index in [4.69, 9.17) is 0 Å². The molecule has 56 heavy (non-hydrogen) atoms. The molecule has 14 nitrogen and oxygen atoms in total. The van der Waals surface area contributed by atoms with Crippen LogP contribution in [-0.4, -0.2) is 41.8 Å². The van der Waals surface area contributed by atoms with E-state index in [1.807, 2.05) is 0 Å². The number of nitrogens with one attached hydrogen (secondary N) is 2. The average Bonchev–Trinajstić information content (AvgIpc) is 3.13. The number of rotatable bonds is 9. The first-order valence-corrected chi connectivity index (χ1v) is 17.6. The van der Waals surface area contributed by atoms with Gasteiger partial charge in [-0.1, -0.05) is 52.0 Å². The molecule has 14 heteroatoms. The number of allylic oxidation sites excluding steroid dienone is 4. The Morgan fingerprint density at radius 2 is 0.946 bits per heavy atom. The molecule has 6 rings (SSSR count). The van der Waals surface area contributed by atoms with E-state index in [2.05, 4.69) is 10.6 Å². The van der Waals surface area contributed by atoms with Gasteiger partial charge in [-0.05, 0) is 60.1 Å². The van der Waals surface area contributed by atoms with Crippen molar-refractivity contribution in [1.29, 1.82) is 0 Å². The Hall–Kier alpha value is -7.22. The van der Waals surface area contributed by atoms with Crippen molar-refractivity contribution in [2.24, 2.45) is 11.8 Å². The van der Waals surface area contributed by atoms with Gasteiger partial charge in [-0.2, -0.15) is 0 Å². The van der Waals surface area contributed by atoms with E-state index < -0.39 is 44.4 Å². The second kappa shape index (κ2) is 14.5. The van der Waals surface area contributed by atoms with Crippen LogP contribution < -0.4 is 10.6 Å². The fourth-order valence-corrected chi connectivity index (χ4v) is 7.36. The predicted octanol–water partition coefficient (Wildman–Crippen LogP) is 9.12. The summed E-state index contributed by atoms with van der Waals surface area (Å²) in [6.45, 7) is 10.5. The van der Waals surface area contributed by atoms with E-state index >= 15 is 0 Å². The minimum Gasteiger partial charge on any atom is -0.507 e. The molecule has 0 aromatic heterocycles. The van der Waals surface area contributed by atoms with E-state index in [0.29, 0.717) is 22.3 Å². The minimum atomic E-state index is -0.819. The number of carbonyl (C=O) groups excluding carboxylic acids is 2. The molecule has 4 aromatic carbocycles. The third-order valence-corrected chi connectivity index (χ3v) is 9.83. The largest absolute Gasteiger partial charge is 0.507 e. The summed E-state index contributed by atoms with van der Waals surface area (Å²) in [7, 11) is 0. The highest BCUT2D eigenvalue weighted by Gasteiger charge is 2.38. The Labute approximate surface area is 320 Å². The van der Waals surface area contributed by atoms with E-state index in [9.17, 15) is 50.2 Å². The Bertz CT molecular complexity index is 2370. The van der Waals surface area contributed by atoms with Crippen LogP contribution >= 0.6 is 0 Å². The molecule has 2 aliphatic carbocycles. The van der Waals surface area contributed by atoms with Crippen molar-refractivity contribution in [1.82, 2.24) is 0 Å². The van der Waals surface area contributed by atoms with Crippen LogP contribution in [0.25, 0.3) is 33.4 Å². The van der Waals surface area contributed by atoms with Gasteiger partial charge in [-0.3, -0.25) is 29.8 Å². The first-order chi connectivity index (χ1) is 26.4. The van der Waals surface area contributed by atoms with Crippen LogP contribution in [0.5, 0.6) is 11.5 Å². The number of fused-ring (bicyclic) bond motifs is 2. The molecule has 2 aliphatic rings. The number of phenolic OH excluding ortho intramolecular Hbond substituents is 2. The molecule has 6 N–H and O–H groups in total. The summed E-state index contributed by atoms with van der Waals surface area (Å²) in [6.07, 6.45) is 2.49. The fraction of sp³-hybridized carbons (Fsp3) is 0.190. The summed E-state index contributed by atoms with van der Waals surface area (Å²) in [5.74, 6) is -4.30. The van der Waals surface area contributed by atoms with Gasteiger partial charge in [0.05, 0.1) is 21.0 Å². The first kappa shape index (κ1) is 38.5. The normalized spacial score (nSPS) is 15.5. The molecule has 0 spiro atoms. The Balaban J connectivity index is 1.61. The van der Waals surface area contributed by atoms with E-state index in [1.165, 1.54) is 48.8 Å². The van der Waals surface area contributed by atoms with Crippen LogP contribution in [0.3, 0.4) is 0 Å². The zero-order valence-electron chi connectivity index (χ0n) is 31.2. The van der Waals surface area contributed by atoms with Gasteiger partial charge >= 0.3 is 0 Å². The van der Waals surface area contributed by atoms with Crippen LogP contribution in [0, 0.1) is 45.9 Å². The number of aryl methyl sites for hydroxylation is 2. The lowest BCUT2D eigenvalue weighted by Gasteiger charge is -2.29. The van der Waals surface area contributed by atoms with Gasteiger partial charge in [0.2, 0.25) is 11.6 Å². The van der Waals surface area contributed by atoms with Crippen molar-refractivity contribution in [3.05, 3.63) is 138 Å². The van der Waals surface area contributed by atoms with Gasteiger partial charge in [0.15, 0.2) is 11.5 Å². The van der Waals surface area contributed by atoms with Gasteiger partial charge in [-0.15, -0.1) is 0 Å². The molecular formula is C42H38N4O10. The lowest BCUT2D eigenvalue weighted by molar-refractivity contribution is -0.385. The highest BCUT2D eigenvalue weighted by molar-refractivity contribution is 6.35. The van der Waals surface area contributed by atoms with Crippen molar-refractivity contribution >= 4 is 56.6 Å². The number of aliphatic hydroxyl groups excluding tert-OH is 2. The standard InChI is InChI=1S/C42H38N4O10/c1-19(2)31-27-13-21(5)33(39(49)35(27)29(37(47)41(31)51)17-43-23-9-7-11-25(15-23)45(53)54)34-22(6)14-28-32(20(3)4)42(52)38(48)30(36(28)40(34)50)18-44-24-10-8-12-26(16-24)46(55)56/h7-20,43-44,49-52H,1-6H3/b29-17-,30-18+. The van der Waals surface area contributed by atoms with Gasteiger partial charge in [0.25, 0.3) is 11.4 Å². The summed E-state index contributed by atoms with van der Waals surface area (Å²) in [6, 6.07) is 14.5. The molecule has 0 aliphatic heterocycles. The maximum absolute atomic E-state index is 13.9. The summed E-state index contributed by atoms with van der Waals surface area (Å²) in [5, 5.41) is 75.6. The van der Waals surface area contributed by atoms with Crippen LogP contribution in [0.4, 0.5) is 22.7 Å². The Kier molecular flexibility index (Phi) is 10.0. The molecule has 4 aromatic rings. The quantitative estimate of drug-likeness (QED) is 0.0534. The molecule has 0 bridgehead atoms. The number of aromatic hydroxyl groups is 2. The van der Waals surface area contributed by atoms with E-state index in [1.54, 1.807) is 65.8 Å². The number of nitrogens with zero attached hydrogens (tertiary/aromatic N) is 2. The molecular weight excluding hydrogens is 720 g/mol. The number of ketones is 2. The van der Waals surface area contributed by atoms with Crippen LogP contribution in [0.2, 0.25) is 0 Å². The van der Waals surface area contributed by atoms with Crippen molar-refractivity contribution in [2.75, 3.05) is 10.6 Å². The fourth-order valence-electron chi connectivity index (χ4n) is 7.36. The minimum absolute atomic E-state index is 0.0335. The van der Waals surface area contributed by atoms with Gasteiger partial charge in [-0.25, -0.2) is 0 Å². The monoisotopic (exact) mass is 758 g/mol. The molecule has 0 saturated carbocycles. The number of hydrogen-bond donors (Lipinski definition) is 6. The van der Waals surface area contributed by atoms with Crippen LogP contribution in [-0.2, 0) is 9.59 Å². The SMILES string of the molecule is Cc1cc2c(c(O)c1-c1c(C)cc3c(c1O)/C(=C\Nc1cccc([N+](=O)[O-])c1)C(=O)C(O)=C3C(C)C)/C(=C/Nc1cccc([N+](=O)[O-])c1)C(=O)C(O)=C2C(C)C. The third kappa shape index (κ3) is 6.50. The predicted molar refractivity (Wildman–Crippen MR) is 213 cm³/mol. The summed E-state index contributed by atoms with van der Waals surface area (Å²) >= 11 is 0. The molecule has 286 valence electrons. The Morgan fingerprint density at radius 1 is 0.589 bits per heavy atom. The number of benzene rings is 4. The molecule has 0 fully saturated rings. The van der Waals surface area contributed by atoms with Crippen molar-refractivity contribution < 1.29 is 39.9 Å². The summed E-state index contributed by atoms with van der Waals surface area (Å²) in [5.41, 5.74) is 2.22. The number of phenols is 2. The van der Waals surface area contributed by atoms with Crippen LogP contribution in [0.1, 0.15) is 61.1 Å². The highest BCUT2D eigenvalue weighted by Crippen LogP contribution is 2.53. The smallest absolute Gasteiger partial charge is 0.271 e. The number of hydrogen-bond acceptors (Lipinski definition) is 12. The lowest BCUT2D eigenvalue weighted by atomic mass is 9.75. The zero-order valence-corrected chi connectivity index (χ0v) is 31.2. The van der Waals surface area contributed by atoms with Gasteiger partial charge in [0.1, 0.15) is 11.5 Å². The summed E-state index contributed by atoms with van der Waals surface area (Å²) in [4.78, 5) is 49.4. The number of aliphatic hydroxyl groups is 2. The number of Topliss-reactive ketones (excluding diaryl/α,β-unsaturated/α-hetero) is 2. The molecule has 0 heterocycles. The molecule has 0 atom stereocenters. The number of carbonyl (C=O) groups is 2. The average molecular weight is 759 g/mol. The number of non-ortho nitro benzene ring substituents is 2. The maximum atomic E-state index is 13.9. The topological polar surface area (TPSA) is 225 Å². The Morgan fingerprint density at radius 3 is 1.27 bits per heavy atom. The van der Waals surface area contributed by atoms with Gasteiger partial charge in [0, 0.05) is 81.4 Å². The van der Waals surface area contributed by atoms with E-state index in [-0.39, 0.29) is 79.1 Å². The number of anilines is 2. The second-order valence-corrected chi connectivity index (χ2v) is 14.2. The molecule has 0 amide bonds. The maximum Gasteiger partial charge on any atom is 0.271 e. The lowest BCUT2D eigenvalue weighted by Crippen LogP contribution is -2.20. The first-order valence-electron chi connectivity index (χ1n) is 17.6. The van der Waals surface area contributed by atoms with Crippen molar-refractivity contribution in [2.45, 2.75) is 41.5 Å². The molecule has 0 unspecified atom stereocenters. The highest BCUT2D eigenvalue weighted by atomic mass is 16.6. The second-order valence-electron chi connectivity index (χ2n) is 14.2. The number of nitro benzene ring substituents is 2. The van der Waals surface area contributed by atoms with Crippen molar-refractivity contribution in [3.63, 3.8) is 0 Å². The number of nitro groups is 2. The van der Waals surface area contributed by atoms with Crippen molar-refractivity contribution in [3.8, 4) is 22.6 Å². The summed E-state index contributed by atoms with van der Waals surface area (Å²) < 4.78 is 0. The molecule has 0 radical (unpaired) electrons. The third-order valence-electron chi connectivity index (χ3n) is 9.83. The van der Waals surface area contributed by atoms with E-state index in [0.717, 1.165) is 0 Å².